The van der Waals surface area contributed by atoms with Crippen molar-refractivity contribution in [1.29, 1.82) is 0 Å². The Bertz CT molecular complexity index is 1350. The van der Waals surface area contributed by atoms with E-state index in [-0.39, 0.29) is 11.8 Å². The number of carbonyl (C=O) groups is 1. The van der Waals surface area contributed by atoms with Gasteiger partial charge in [0.25, 0.3) is 0 Å². The fraction of sp³-hybridized carbons (Fsp3) is 0.385. The van der Waals surface area contributed by atoms with E-state index < -0.39 is 17.7 Å². The van der Waals surface area contributed by atoms with Crippen molar-refractivity contribution in [2.24, 2.45) is 5.92 Å². The topological polar surface area (TPSA) is 63.1 Å². The van der Waals surface area contributed by atoms with Crippen molar-refractivity contribution in [1.82, 2.24) is 19.4 Å². The zero-order valence-corrected chi connectivity index (χ0v) is 19.5. The van der Waals surface area contributed by atoms with Crippen molar-refractivity contribution in [3.8, 4) is 5.75 Å². The molecular formula is C26H28F2N4O2. The highest BCUT2D eigenvalue weighted by molar-refractivity contribution is 5.86. The van der Waals surface area contributed by atoms with Crippen LogP contribution in [0.1, 0.15) is 44.2 Å². The van der Waals surface area contributed by atoms with Crippen molar-refractivity contribution in [3.63, 3.8) is 0 Å². The van der Waals surface area contributed by atoms with Gasteiger partial charge in [0, 0.05) is 42.3 Å². The average molecular weight is 467 g/mol. The van der Waals surface area contributed by atoms with Gasteiger partial charge in [0.05, 0.1) is 24.5 Å². The molecule has 0 bridgehead atoms. The van der Waals surface area contributed by atoms with E-state index >= 15 is 0 Å². The van der Waals surface area contributed by atoms with Crippen molar-refractivity contribution in [2.45, 2.75) is 38.6 Å². The van der Waals surface area contributed by atoms with Crippen molar-refractivity contribution in [2.75, 3.05) is 20.2 Å². The first kappa shape index (κ1) is 22.4. The fourth-order valence-electron chi connectivity index (χ4n) is 5.15. The highest BCUT2D eigenvalue weighted by Crippen LogP contribution is 2.36. The fourth-order valence-corrected chi connectivity index (χ4v) is 5.15. The van der Waals surface area contributed by atoms with E-state index in [1.165, 1.54) is 11.9 Å². The van der Waals surface area contributed by atoms with E-state index in [0.29, 0.717) is 30.0 Å². The number of methoxy groups -OCH3 is 1. The van der Waals surface area contributed by atoms with Crippen LogP contribution in [-0.4, -0.2) is 45.5 Å². The molecule has 2 aromatic heterocycles. The summed E-state index contributed by atoms with van der Waals surface area (Å²) in [4.78, 5) is 23.1. The number of ether oxygens (including phenoxy) is 1. The Hall–Kier alpha value is -3.42. The molecule has 1 atom stereocenters. The van der Waals surface area contributed by atoms with Gasteiger partial charge in [-0.2, -0.15) is 0 Å². The van der Waals surface area contributed by atoms with E-state index in [9.17, 15) is 13.6 Å². The summed E-state index contributed by atoms with van der Waals surface area (Å²) in [5.41, 5.74) is 3.09. The predicted octanol–water partition coefficient (Wildman–Crippen LogP) is 5.41. The second-order valence-corrected chi connectivity index (χ2v) is 9.35. The Morgan fingerprint density at radius 3 is 2.59 bits per heavy atom. The lowest BCUT2D eigenvalue weighted by Crippen LogP contribution is -2.43. The second-order valence-electron chi connectivity index (χ2n) is 9.35. The van der Waals surface area contributed by atoms with Crippen LogP contribution in [0.4, 0.5) is 8.78 Å². The van der Waals surface area contributed by atoms with Gasteiger partial charge in [-0.05, 0) is 48.4 Å². The molecular weight excluding hydrogens is 438 g/mol. The first-order valence-electron chi connectivity index (χ1n) is 11.6. The summed E-state index contributed by atoms with van der Waals surface area (Å²) in [6.07, 6.45) is 5.28. The van der Waals surface area contributed by atoms with Gasteiger partial charge in [-0.1, -0.05) is 13.8 Å². The van der Waals surface area contributed by atoms with Crippen molar-refractivity contribution < 1.29 is 18.3 Å². The first-order chi connectivity index (χ1) is 16.4. The molecule has 6 nitrogen and oxygen atoms in total. The van der Waals surface area contributed by atoms with Gasteiger partial charge in [0.2, 0.25) is 5.91 Å². The molecule has 2 aromatic carbocycles. The monoisotopic (exact) mass is 466 g/mol. The summed E-state index contributed by atoms with van der Waals surface area (Å²) in [7, 11) is 1.66. The molecule has 1 N–H and O–H groups in total. The molecule has 0 saturated carbocycles. The summed E-state index contributed by atoms with van der Waals surface area (Å²) >= 11 is 0. The molecule has 4 aromatic rings. The molecule has 1 fully saturated rings. The molecule has 1 aliphatic rings. The maximum absolute atomic E-state index is 13.9. The number of rotatable bonds is 5. The second kappa shape index (κ2) is 8.74. The van der Waals surface area contributed by atoms with Crippen LogP contribution in [0.15, 0.2) is 42.9 Å². The number of fused-ring (bicyclic) bond motifs is 2. The third kappa shape index (κ3) is 3.81. The number of aromatic amines is 1. The zero-order chi connectivity index (χ0) is 24.0. The van der Waals surface area contributed by atoms with Crippen LogP contribution in [0.3, 0.4) is 0 Å². The van der Waals surface area contributed by atoms with E-state index in [1.54, 1.807) is 11.7 Å². The number of aromatic nitrogens is 3. The molecule has 0 spiro atoms. The number of nitrogens with one attached hydrogen (secondary N) is 1. The Morgan fingerprint density at radius 1 is 1.15 bits per heavy atom. The Kier molecular flexibility index (Phi) is 5.75. The maximum Gasteiger partial charge on any atom is 0.245 e. The number of hydrogen-bond acceptors (Lipinski definition) is 3. The summed E-state index contributed by atoms with van der Waals surface area (Å²) in [6, 6.07) is 7.68. The number of piperidine rings is 1. The molecule has 1 amide bonds. The number of imidazole rings is 1. The molecule has 1 unspecified atom stereocenters. The van der Waals surface area contributed by atoms with Gasteiger partial charge in [-0.15, -0.1) is 0 Å². The van der Waals surface area contributed by atoms with Crippen molar-refractivity contribution in [3.05, 3.63) is 60.1 Å². The van der Waals surface area contributed by atoms with Crippen LogP contribution in [0, 0.1) is 17.6 Å². The molecule has 1 saturated heterocycles. The van der Waals surface area contributed by atoms with Crippen LogP contribution in [0.5, 0.6) is 5.75 Å². The minimum absolute atomic E-state index is 0.0157. The third-order valence-corrected chi connectivity index (χ3v) is 6.97. The molecule has 0 aliphatic carbocycles. The molecule has 34 heavy (non-hydrogen) atoms. The normalized spacial score (nSPS) is 16.0. The van der Waals surface area contributed by atoms with Gasteiger partial charge < -0.3 is 19.2 Å². The van der Waals surface area contributed by atoms with Gasteiger partial charge >= 0.3 is 0 Å². The number of H-pyrrole nitrogens is 1. The smallest absolute Gasteiger partial charge is 0.245 e. The van der Waals surface area contributed by atoms with Crippen LogP contribution in [0.2, 0.25) is 0 Å². The van der Waals surface area contributed by atoms with E-state index in [4.69, 9.17) is 4.74 Å². The lowest BCUT2D eigenvalue weighted by Gasteiger charge is -2.35. The molecule has 3 heterocycles. The van der Waals surface area contributed by atoms with E-state index in [1.807, 2.05) is 30.9 Å². The summed E-state index contributed by atoms with van der Waals surface area (Å²) in [5.74, 6) is -0.782. The number of hydrogen-bond donors (Lipinski definition) is 1. The molecule has 5 rings (SSSR count). The lowest BCUT2D eigenvalue weighted by atomic mass is 9.88. The zero-order valence-electron chi connectivity index (χ0n) is 19.5. The SMILES string of the molecule is COc1ccc2[nH]cc(C3CCN(C(=O)C(C(C)C)n4cnc5cc(F)c(F)cc54)CC3)c2c1. The Morgan fingerprint density at radius 2 is 1.88 bits per heavy atom. The quantitative estimate of drug-likeness (QED) is 0.428. The Labute approximate surface area is 196 Å². The summed E-state index contributed by atoms with van der Waals surface area (Å²) in [5, 5.41) is 1.16. The molecule has 8 heteroatoms. The maximum atomic E-state index is 13.9. The number of amides is 1. The average Bonchev–Trinajstić information content (AvgIpc) is 3.43. The predicted molar refractivity (Wildman–Crippen MR) is 127 cm³/mol. The van der Waals surface area contributed by atoms with Crippen LogP contribution < -0.4 is 4.74 Å². The minimum atomic E-state index is -0.944. The van der Waals surface area contributed by atoms with Crippen LogP contribution in [-0.2, 0) is 4.79 Å². The van der Waals surface area contributed by atoms with Gasteiger partial charge in [-0.3, -0.25) is 4.79 Å². The molecule has 178 valence electrons. The first-order valence-corrected chi connectivity index (χ1v) is 11.6. The standard InChI is InChI=1S/C26H28F2N4O2/c1-15(2)25(32-14-30-23-11-20(27)21(28)12-24(23)32)26(33)31-8-6-16(7-9-31)19-13-29-22-5-4-17(34-3)10-18(19)22/h4-5,10-16,25,29H,6-9H2,1-3H3. The van der Waals surface area contributed by atoms with Crippen LogP contribution >= 0.6 is 0 Å². The van der Waals surface area contributed by atoms with Crippen molar-refractivity contribution >= 4 is 27.8 Å². The number of carbonyl (C=O) groups excluding carboxylic acids is 1. The van der Waals surface area contributed by atoms with E-state index in [2.05, 4.69) is 22.2 Å². The van der Waals surface area contributed by atoms with E-state index in [0.717, 1.165) is 41.6 Å². The van der Waals surface area contributed by atoms with Crippen LogP contribution in [0.25, 0.3) is 21.9 Å². The summed E-state index contributed by atoms with van der Waals surface area (Å²) in [6.45, 7) is 5.19. The highest BCUT2D eigenvalue weighted by Gasteiger charge is 2.33. The summed E-state index contributed by atoms with van der Waals surface area (Å²) < 4.78 is 34.7. The van der Waals surface area contributed by atoms with Gasteiger partial charge in [-0.25, -0.2) is 13.8 Å². The molecule has 0 radical (unpaired) electrons. The minimum Gasteiger partial charge on any atom is -0.497 e. The Balaban J connectivity index is 1.36. The highest BCUT2D eigenvalue weighted by atomic mass is 19.2. The number of nitrogens with zero attached hydrogens (tertiary/aromatic N) is 3. The number of halogens is 2. The number of benzene rings is 2. The largest absolute Gasteiger partial charge is 0.497 e. The van der Waals surface area contributed by atoms with Gasteiger partial charge in [0.15, 0.2) is 11.6 Å². The molecule has 1 aliphatic heterocycles. The van der Waals surface area contributed by atoms with Gasteiger partial charge in [0.1, 0.15) is 11.8 Å². The lowest BCUT2D eigenvalue weighted by molar-refractivity contribution is -0.137. The third-order valence-electron chi connectivity index (χ3n) is 6.97. The number of likely N-dealkylation sites (tertiary alicyclic amines) is 1.